The zero-order valence-corrected chi connectivity index (χ0v) is 14.3. The van der Waals surface area contributed by atoms with E-state index in [1.54, 1.807) is 36.4 Å². The third kappa shape index (κ3) is 5.42. The van der Waals surface area contributed by atoms with Crippen LogP contribution in [0.15, 0.2) is 54.1 Å². The summed E-state index contributed by atoms with van der Waals surface area (Å²) < 4.78 is 44.7. The first kappa shape index (κ1) is 18.7. The van der Waals surface area contributed by atoms with Gasteiger partial charge in [0.25, 0.3) is 0 Å². The molecule has 0 saturated heterocycles. The maximum absolute atomic E-state index is 13.2. The molecule has 0 heterocycles. The highest BCUT2D eigenvalue weighted by Crippen LogP contribution is 2.27. The van der Waals surface area contributed by atoms with Gasteiger partial charge in [-0.1, -0.05) is 50.0 Å². The number of allylic oxidation sites excluding steroid dienone is 1. The second-order valence-corrected chi connectivity index (χ2v) is 5.86. The van der Waals surface area contributed by atoms with Crippen LogP contribution in [0.2, 0.25) is 0 Å². The SMILES string of the molecule is COc1ccc(C#CC(=Cc2ccc(C(C)C)cc2)C(F)(F)F)cc1. The fourth-order valence-corrected chi connectivity index (χ4v) is 2.15. The van der Waals surface area contributed by atoms with Crippen molar-refractivity contribution in [1.29, 1.82) is 0 Å². The van der Waals surface area contributed by atoms with Gasteiger partial charge in [0.05, 0.1) is 7.11 Å². The molecular weight excluding hydrogens is 325 g/mol. The van der Waals surface area contributed by atoms with Gasteiger partial charge in [-0.3, -0.25) is 0 Å². The van der Waals surface area contributed by atoms with Gasteiger partial charge >= 0.3 is 6.18 Å². The molecule has 2 rings (SSSR count). The van der Waals surface area contributed by atoms with Gasteiger partial charge in [-0.2, -0.15) is 13.2 Å². The highest BCUT2D eigenvalue weighted by molar-refractivity contribution is 5.61. The van der Waals surface area contributed by atoms with Crippen molar-refractivity contribution in [2.45, 2.75) is 25.9 Å². The summed E-state index contributed by atoms with van der Waals surface area (Å²) in [4.78, 5) is 0. The second-order valence-electron chi connectivity index (χ2n) is 5.86. The summed E-state index contributed by atoms with van der Waals surface area (Å²) in [5, 5.41) is 0. The summed E-state index contributed by atoms with van der Waals surface area (Å²) in [6.07, 6.45) is -3.43. The Morgan fingerprint density at radius 2 is 1.60 bits per heavy atom. The molecule has 0 aliphatic carbocycles. The zero-order valence-electron chi connectivity index (χ0n) is 14.3. The number of halogens is 3. The van der Waals surface area contributed by atoms with E-state index < -0.39 is 11.7 Å². The Labute approximate surface area is 146 Å². The van der Waals surface area contributed by atoms with Crippen molar-refractivity contribution in [3.8, 4) is 17.6 Å². The molecule has 130 valence electrons. The monoisotopic (exact) mass is 344 g/mol. The van der Waals surface area contributed by atoms with Crippen LogP contribution in [-0.4, -0.2) is 13.3 Å². The molecule has 0 aromatic heterocycles. The van der Waals surface area contributed by atoms with Crippen LogP contribution < -0.4 is 4.74 Å². The number of ether oxygens (including phenoxy) is 1. The maximum atomic E-state index is 13.2. The van der Waals surface area contributed by atoms with Crippen molar-refractivity contribution in [2.75, 3.05) is 7.11 Å². The summed E-state index contributed by atoms with van der Waals surface area (Å²) in [6.45, 7) is 4.07. The third-order valence-electron chi connectivity index (χ3n) is 3.65. The van der Waals surface area contributed by atoms with Crippen molar-refractivity contribution in [3.63, 3.8) is 0 Å². The van der Waals surface area contributed by atoms with Gasteiger partial charge < -0.3 is 4.74 Å². The Morgan fingerprint density at radius 3 is 2.08 bits per heavy atom. The fraction of sp³-hybridized carbons (Fsp3) is 0.238. The van der Waals surface area contributed by atoms with Crippen LogP contribution in [0.4, 0.5) is 13.2 Å². The molecule has 2 aromatic rings. The third-order valence-corrected chi connectivity index (χ3v) is 3.65. The zero-order chi connectivity index (χ0) is 18.4. The van der Waals surface area contributed by atoms with Gasteiger partial charge in [0.1, 0.15) is 11.3 Å². The van der Waals surface area contributed by atoms with Crippen LogP contribution in [0.25, 0.3) is 6.08 Å². The molecule has 0 N–H and O–H groups in total. The van der Waals surface area contributed by atoms with E-state index in [-0.39, 0.29) is 0 Å². The Kier molecular flexibility index (Phi) is 5.93. The average Bonchev–Trinajstić information content (AvgIpc) is 2.58. The van der Waals surface area contributed by atoms with Gasteiger partial charge in [-0.05, 0) is 47.4 Å². The number of rotatable bonds is 3. The quantitative estimate of drug-likeness (QED) is 0.638. The maximum Gasteiger partial charge on any atom is 0.424 e. The van der Waals surface area contributed by atoms with E-state index in [1.165, 1.54) is 7.11 Å². The van der Waals surface area contributed by atoms with E-state index in [9.17, 15) is 13.2 Å². The standard InChI is InChI=1S/C21H19F3O/c1-15(2)18-9-4-17(5-10-18)14-19(21(22,23)24)11-6-16-7-12-20(25-3)13-8-16/h4-5,7-10,12-15H,1-3H3. The molecule has 0 spiro atoms. The van der Waals surface area contributed by atoms with E-state index >= 15 is 0 Å². The number of hydrogen-bond donors (Lipinski definition) is 0. The minimum absolute atomic E-state index is 0.329. The minimum atomic E-state index is -4.50. The lowest BCUT2D eigenvalue weighted by Gasteiger charge is -2.07. The number of hydrogen-bond acceptors (Lipinski definition) is 1. The molecular formula is C21H19F3O. The van der Waals surface area contributed by atoms with E-state index in [0.717, 1.165) is 11.6 Å². The van der Waals surface area contributed by atoms with E-state index in [1.807, 2.05) is 26.0 Å². The van der Waals surface area contributed by atoms with Crippen LogP contribution in [0.5, 0.6) is 5.75 Å². The first-order valence-electron chi connectivity index (χ1n) is 7.84. The van der Waals surface area contributed by atoms with Crippen LogP contribution in [-0.2, 0) is 0 Å². The molecule has 0 aliphatic heterocycles. The molecule has 0 aliphatic rings. The van der Waals surface area contributed by atoms with Gasteiger partial charge in [0.15, 0.2) is 0 Å². The Morgan fingerprint density at radius 1 is 1.00 bits per heavy atom. The Hall–Kier alpha value is -2.67. The molecule has 4 heteroatoms. The van der Waals surface area contributed by atoms with E-state index in [2.05, 4.69) is 11.8 Å². The topological polar surface area (TPSA) is 9.23 Å². The summed E-state index contributed by atoms with van der Waals surface area (Å²) in [7, 11) is 1.52. The molecule has 0 fully saturated rings. The second kappa shape index (κ2) is 7.94. The highest BCUT2D eigenvalue weighted by atomic mass is 19.4. The van der Waals surface area contributed by atoms with Gasteiger partial charge in [-0.15, -0.1) is 0 Å². The first-order chi connectivity index (χ1) is 11.8. The Bertz CT molecular complexity index is 786. The van der Waals surface area contributed by atoms with Crippen LogP contribution in [0.3, 0.4) is 0 Å². The average molecular weight is 344 g/mol. The van der Waals surface area contributed by atoms with Crippen molar-refractivity contribution in [3.05, 3.63) is 70.8 Å². The largest absolute Gasteiger partial charge is 0.497 e. The van der Waals surface area contributed by atoms with Crippen molar-refractivity contribution in [2.24, 2.45) is 0 Å². The van der Waals surface area contributed by atoms with Crippen molar-refractivity contribution in [1.82, 2.24) is 0 Å². The lowest BCUT2D eigenvalue weighted by molar-refractivity contribution is -0.0863. The lowest BCUT2D eigenvalue weighted by Crippen LogP contribution is -2.10. The summed E-state index contributed by atoms with van der Waals surface area (Å²) in [5.74, 6) is 5.76. The van der Waals surface area contributed by atoms with Gasteiger partial charge in [0.2, 0.25) is 0 Å². The Balaban J connectivity index is 2.32. The smallest absolute Gasteiger partial charge is 0.424 e. The summed E-state index contributed by atoms with van der Waals surface area (Å²) in [5.41, 5.74) is 1.17. The highest BCUT2D eigenvalue weighted by Gasteiger charge is 2.32. The number of methoxy groups -OCH3 is 1. The van der Waals surface area contributed by atoms with Crippen molar-refractivity contribution >= 4 is 6.08 Å². The predicted molar refractivity (Wildman–Crippen MR) is 94.4 cm³/mol. The molecule has 0 amide bonds. The normalized spacial score (nSPS) is 11.9. The molecule has 2 aromatic carbocycles. The van der Waals surface area contributed by atoms with Crippen LogP contribution in [0, 0.1) is 11.8 Å². The van der Waals surface area contributed by atoms with Gasteiger partial charge in [-0.25, -0.2) is 0 Å². The molecule has 0 saturated carbocycles. The fourth-order valence-electron chi connectivity index (χ4n) is 2.15. The van der Waals surface area contributed by atoms with Gasteiger partial charge in [0, 0.05) is 5.56 Å². The molecule has 25 heavy (non-hydrogen) atoms. The number of benzene rings is 2. The molecule has 0 radical (unpaired) electrons. The predicted octanol–water partition coefficient (Wildman–Crippen LogP) is 5.82. The van der Waals surface area contributed by atoms with Crippen LogP contribution in [0.1, 0.15) is 36.5 Å². The summed E-state index contributed by atoms with van der Waals surface area (Å²) in [6, 6.07) is 13.6. The number of alkyl halides is 3. The molecule has 1 nitrogen and oxygen atoms in total. The summed E-state index contributed by atoms with van der Waals surface area (Å²) >= 11 is 0. The van der Waals surface area contributed by atoms with E-state index in [4.69, 9.17) is 4.74 Å². The molecule has 0 bridgehead atoms. The molecule has 0 unspecified atom stereocenters. The molecule has 0 atom stereocenters. The minimum Gasteiger partial charge on any atom is -0.497 e. The van der Waals surface area contributed by atoms with Crippen molar-refractivity contribution < 1.29 is 17.9 Å². The van der Waals surface area contributed by atoms with Crippen LogP contribution >= 0.6 is 0 Å². The van der Waals surface area contributed by atoms with E-state index in [0.29, 0.717) is 22.8 Å². The lowest BCUT2D eigenvalue weighted by atomic mass is 10.0. The first-order valence-corrected chi connectivity index (χ1v) is 7.84.